The van der Waals surface area contributed by atoms with Crippen LogP contribution in [0.3, 0.4) is 0 Å². The van der Waals surface area contributed by atoms with E-state index in [1.54, 1.807) is 0 Å². The molecule has 6 saturated heterocycles. The molecule has 0 amide bonds. The maximum absolute atomic E-state index is 5.95. The zero-order valence-corrected chi connectivity index (χ0v) is 47.4. The van der Waals surface area contributed by atoms with E-state index in [1.807, 2.05) is 0 Å². The van der Waals surface area contributed by atoms with Gasteiger partial charge in [-0.25, -0.2) is 20.0 Å². The van der Waals surface area contributed by atoms with E-state index in [0.717, 1.165) is 152 Å². The lowest BCUT2D eigenvalue weighted by Gasteiger charge is -2.38. The summed E-state index contributed by atoms with van der Waals surface area (Å²) >= 11 is 0. The minimum Gasteiger partial charge on any atom is -0.343 e. The fourth-order valence-electron chi connectivity index (χ4n) is 13.9. The molecule has 6 aliphatic rings. The molecule has 76 heavy (non-hydrogen) atoms. The third-order valence-electron chi connectivity index (χ3n) is 17.8. The van der Waals surface area contributed by atoms with Gasteiger partial charge in [0.2, 0.25) is 23.8 Å². The van der Waals surface area contributed by atoms with Crippen LogP contribution >= 0.6 is 0 Å². The number of likely N-dealkylation sites (tertiary alicyclic amines) is 6. The predicted molar refractivity (Wildman–Crippen MR) is 324 cm³/mol. The molecule has 0 bridgehead atoms. The van der Waals surface area contributed by atoms with Crippen LogP contribution in [0, 0.1) is 0 Å². The predicted octanol–water partition coefficient (Wildman–Crippen LogP) is 14.1. The Kier molecular flexibility index (Phi) is 17.2. The highest BCUT2D eigenvalue weighted by Gasteiger charge is 2.29. The van der Waals surface area contributed by atoms with Crippen molar-refractivity contribution in [2.24, 2.45) is 20.0 Å². The molecule has 6 heterocycles. The molecule has 0 N–H and O–H groups in total. The first-order chi connectivity index (χ1) is 37.6. The quantitative estimate of drug-likeness (QED) is 0.0593. The summed E-state index contributed by atoms with van der Waals surface area (Å²) < 4.78 is 0. The first kappa shape index (κ1) is 52.5. The van der Waals surface area contributed by atoms with Crippen LogP contribution in [-0.2, 0) is 0 Å². The van der Waals surface area contributed by atoms with Gasteiger partial charge in [-0.2, -0.15) is 0 Å². The Balaban J connectivity index is 1.21. The molecule has 11 rings (SSSR count). The molecule has 0 unspecified atom stereocenters. The van der Waals surface area contributed by atoms with Crippen molar-refractivity contribution in [3.63, 3.8) is 0 Å². The smallest absolute Gasteiger partial charge is 0.201 e. The highest BCUT2D eigenvalue weighted by atomic mass is 15.4. The molecule has 0 saturated carbocycles. The molecule has 0 spiro atoms. The van der Waals surface area contributed by atoms with Gasteiger partial charge >= 0.3 is 0 Å². The fraction of sp³-hybridized carbons (Fsp3) is 0.625. The molecule has 0 atom stereocenters. The van der Waals surface area contributed by atoms with Crippen LogP contribution in [0.2, 0.25) is 0 Å². The highest BCUT2D eigenvalue weighted by Crippen LogP contribution is 2.50. The second-order valence-corrected chi connectivity index (χ2v) is 23.1. The number of fused-ring (bicyclic) bond motifs is 2. The molecule has 0 aliphatic carbocycles. The summed E-state index contributed by atoms with van der Waals surface area (Å²) in [6, 6.07) is 19.1. The molecule has 5 aromatic rings. The van der Waals surface area contributed by atoms with Gasteiger partial charge < -0.3 is 39.2 Å². The van der Waals surface area contributed by atoms with Crippen LogP contribution in [0.15, 0.2) is 68.5 Å². The van der Waals surface area contributed by atoms with Crippen LogP contribution in [0.25, 0.3) is 43.1 Å². The van der Waals surface area contributed by atoms with Crippen molar-refractivity contribution in [1.82, 2.24) is 39.2 Å². The Morgan fingerprint density at radius 2 is 0.566 bits per heavy atom. The molecule has 408 valence electrons. The van der Waals surface area contributed by atoms with Gasteiger partial charge in [0.15, 0.2) is 0 Å². The maximum atomic E-state index is 5.95. The van der Waals surface area contributed by atoms with E-state index >= 15 is 0 Å². The van der Waals surface area contributed by atoms with Crippen LogP contribution in [0.1, 0.15) is 156 Å². The maximum Gasteiger partial charge on any atom is 0.201 e. The second-order valence-electron chi connectivity index (χ2n) is 23.1. The average Bonchev–Trinajstić information content (AvgIpc) is 3.51. The van der Waals surface area contributed by atoms with E-state index in [9.17, 15) is 0 Å². The fourth-order valence-corrected chi connectivity index (χ4v) is 13.9. The first-order valence-electron chi connectivity index (χ1n) is 31.1. The lowest BCUT2D eigenvalue weighted by molar-refractivity contribution is 0.257. The van der Waals surface area contributed by atoms with Crippen molar-refractivity contribution in [3.05, 3.63) is 48.5 Å². The molecular formula is C64H92N12. The minimum absolute atomic E-state index is 0.930. The van der Waals surface area contributed by atoms with Gasteiger partial charge in [0, 0.05) is 126 Å². The number of hydrogen-bond acceptors (Lipinski definition) is 4. The summed E-state index contributed by atoms with van der Waals surface area (Å²) in [4.78, 5) is 44.5. The molecule has 5 aromatic carbocycles. The molecule has 6 fully saturated rings. The Morgan fingerprint density at radius 3 is 0.816 bits per heavy atom. The van der Waals surface area contributed by atoms with E-state index in [2.05, 4.69) is 115 Å². The van der Waals surface area contributed by atoms with E-state index < -0.39 is 0 Å². The summed E-state index contributed by atoms with van der Waals surface area (Å²) in [5.41, 5.74) is 4.14. The summed E-state index contributed by atoms with van der Waals surface area (Å²) in [7, 11) is 0. The number of guanidine groups is 4. The van der Waals surface area contributed by atoms with Gasteiger partial charge in [-0.15, -0.1) is 0 Å². The van der Waals surface area contributed by atoms with E-state index in [0.29, 0.717) is 0 Å². The van der Waals surface area contributed by atoms with Gasteiger partial charge in [0.05, 0.1) is 22.7 Å². The highest BCUT2D eigenvalue weighted by molar-refractivity contribution is 6.37. The molecular weight excluding hydrogens is 937 g/mol. The van der Waals surface area contributed by atoms with Crippen LogP contribution in [0.4, 0.5) is 22.7 Å². The Hall–Kier alpha value is -5.52. The van der Waals surface area contributed by atoms with Crippen molar-refractivity contribution < 1.29 is 0 Å². The monoisotopic (exact) mass is 1030 g/mol. The van der Waals surface area contributed by atoms with Gasteiger partial charge in [-0.1, -0.05) is 38.1 Å². The second kappa shape index (κ2) is 24.9. The van der Waals surface area contributed by atoms with E-state index in [4.69, 9.17) is 20.0 Å². The Labute approximate surface area is 456 Å². The summed E-state index contributed by atoms with van der Waals surface area (Å²) in [5, 5.41) is 9.94. The normalized spacial score (nSPS) is 19.6. The van der Waals surface area contributed by atoms with Crippen molar-refractivity contribution in [2.75, 3.05) is 105 Å². The van der Waals surface area contributed by atoms with Gasteiger partial charge in [0.1, 0.15) is 0 Å². The number of rotatable bonds is 10. The van der Waals surface area contributed by atoms with Gasteiger partial charge in [0.25, 0.3) is 0 Å². The van der Waals surface area contributed by atoms with Crippen LogP contribution in [-0.4, -0.2) is 168 Å². The Bertz CT molecular complexity index is 2430. The van der Waals surface area contributed by atoms with Gasteiger partial charge in [-0.05, 0) is 188 Å². The summed E-state index contributed by atoms with van der Waals surface area (Å²) in [6.45, 7) is 25.8. The van der Waals surface area contributed by atoms with Crippen LogP contribution in [0.5, 0.6) is 0 Å². The number of hydrogen-bond donors (Lipinski definition) is 0. The lowest BCUT2D eigenvalue weighted by Crippen LogP contribution is -2.48. The van der Waals surface area contributed by atoms with Crippen molar-refractivity contribution >= 4 is 89.7 Å². The summed E-state index contributed by atoms with van der Waals surface area (Å²) in [6.07, 6.45) is 24.6. The number of piperidine rings is 6. The Morgan fingerprint density at radius 1 is 0.316 bits per heavy atom. The first-order valence-corrected chi connectivity index (χ1v) is 31.1. The number of nitrogens with zero attached hydrogens (tertiary/aromatic N) is 12. The molecule has 12 heteroatoms. The average molecular weight is 1030 g/mol. The molecule has 0 radical (unpaired) electrons. The molecule has 12 nitrogen and oxygen atoms in total. The third-order valence-corrected chi connectivity index (χ3v) is 17.8. The van der Waals surface area contributed by atoms with Gasteiger partial charge in [-0.3, -0.25) is 0 Å². The lowest BCUT2D eigenvalue weighted by atomic mass is 9.88. The standard InChI is InChI=1S/C64H92N12/c1-5-35-69(7-3)61(71-37-15-9-16-38-71)65-53-31-27-49-50-28-32-54(66-62(70(8-4)36-6-2)72-39-17-10-18-40-72)60-56(68-64(75-45-23-13-24-46-75)76-47-25-14-26-48-76)34-30-52(58(50)60)51-29-33-55(59(53)57(49)51)67-63(73-41-19-11-20-42-73)74-43-21-12-22-44-74/h27-34H,5-26,35-48H2,1-4H3. The zero-order chi connectivity index (χ0) is 51.8. The molecule has 6 aliphatic heterocycles. The topological polar surface area (TPSA) is 75.4 Å². The van der Waals surface area contributed by atoms with Crippen molar-refractivity contribution in [1.29, 1.82) is 0 Å². The SMILES string of the molecule is CCCN(CC)C(=Nc1ccc2c3ccc(N=C(N(CC)CCC)N4CCCCC4)c4c(N=C(N5CCCCC5)N5CCCCC5)ccc(c5ccc(N=C(N6CCCCC6)N6CCCCC6)c1c25)c43)N1CCCCC1. The van der Waals surface area contributed by atoms with Crippen molar-refractivity contribution in [2.45, 2.75) is 156 Å². The van der Waals surface area contributed by atoms with Crippen molar-refractivity contribution in [3.8, 4) is 0 Å². The largest absolute Gasteiger partial charge is 0.343 e. The zero-order valence-electron chi connectivity index (χ0n) is 47.4. The summed E-state index contributed by atoms with van der Waals surface area (Å²) in [5.74, 6) is 4.59. The number of benzene rings is 5. The minimum atomic E-state index is 0.930. The van der Waals surface area contributed by atoms with E-state index in [1.165, 1.54) is 171 Å². The third kappa shape index (κ3) is 11.0. The van der Waals surface area contributed by atoms with E-state index in [-0.39, 0.29) is 0 Å². The molecule has 0 aromatic heterocycles. The number of aliphatic imine (C=N–C) groups is 4. The van der Waals surface area contributed by atoms with Crippen LogP contribution < -0.4 is 0 Å².